The molecule has 3 rings (SSSR count). The highest BCUT2D eigenvalue weighted by molar-refractivity contribution is 7.07. The molecule has 0 bridgehead atoms. The van der Waals surface area contributed by atoms with E-state index in [9.17, 15) is 0 Å². The van der Waals surface area contributed by atoms with E-state index in [-0.39, 0.29) is 0 Å². The molecule has 0 aliphatic heterocycles. The normalized spacial score (nSPS) is 10.7. The number of thiazole rings is 1. The molecule has 1 aromatic carbocycles. The Labute approximate surface area is 106 Å². The number of aromatic nitrogens is 3. The average molecular weight is 259 g/mol. The first-order chi connectivity index (χ1) is 8.72. The third-order valence-corrected chi connectivity index (χ3v) is 2.90. The summed E-state index contributed by atoms with van der Waals surface area (Å²) < 4.78 is 5.18. The second kappa shape index (κ2) is 4.11. The van der Waals surface area contributed by atoms with Crippen LogP contribution >= 0.6 is 11.3 Å². The standard InChI is InChI=1S/C11H9N5OS/c12-7-1-6(2-8(13)3-7)11-15-10(16-17-11)9-4-18-5-14-9/h1-5H,12-13H2. The van der Waals surface area contributed by atoms with Crippen molar-refractivity contribution in [2.24, 2.45) is 0 Å². The van der Waals surface area contributed by atoms with E-state index in [0.717, 1.165) is 0 Å². The van der Waals surface area contributed by atoms with Crippen molar-refractivity contribution in [1.29, 1.82) is 0 Å². The summed E-state index contributed by atoms with van der Waals surface area (Å²) >= 11 is 1.47. The van der Waals surface area contributed by atoms with Gasteiger partial charge in [0, 0.05) is 22.3 Å². The highest BCUT2D eigenvalue weighted by Crippen LogP contribution is 2.25. The average Bonchev–Trinajstić information content (AvgIpc) is 2.99. The van der Waals surface area contributed by atoms with E-state index in [4.69, 9.17) is 16.0 Å². The third kappa shape index (κ3) is 1.91. The van der Waals surface area contributed by atoms with Gasteiger partial charge in [-0.15, -0.1) is 11.3 Å². The van der Waals surface area contributed by atoms with Crippen molar-refractivity contribution in [3.8, 4) is 23.0 Å². The predicted octanol–water partition coefficient (Wildman–Crippen LogP) is 2.02. The maximum Gasteiger partial charge on any atom is 0.258 e. The fourth-order valence-corrected chi connectivity index (χ4v) is 2.10. The van der Waals surface area contributed by atoms with Crippen molar-refractivity contribution in [2.45, 2.75) is 0 Å². The molecule has 0 radical (unpaired) electrons. The quantitative estimate of drug-likeness (QED) is 0.682. The summed E-state index contributed by atoms with van der Waals surface area (Å²) in [6, 6.07) is 5.13. The van der Waals surface area contributed by atoms with Crippen LogP contribution in [0.25, 0.3) is 23.0 Å². The van der Waals surface area contributed by atoms with Crippen LogP contribution in [0.1, 0.15) is 0 Å². The fraction of sp³-hybridized carbons (Fsp3) is 0. The van der Waals surface area contributed by atoms with Crippen LogP contribution in [0.5, 0.6) is 0 Å². The molecule has 0 spiro atoms. The van der Waals surface area contributed by atoms with Crippen LogP contribution in [-0.2, 0) is 0 Å². The molecule has 0 aliphatic carbocycles. The molecule has 0 saturated heterocycles. The van der Waals surface area contributed by atoms with Gasteiger partial charge in [0.25, 0.3) is 5.89 Å². The Kier molecular flexibility index (Phi) is 2.45. The molecule has 0 fully saturated rings. The third-order valence-electron chi connectivity index (χ3n) is 2.31. The number of hydrogen-bond donors (Lipinski definition) is 2. The number of benzene rings is 1. The summed E-state index contributed by atoms with van der Waals surface area (Å²) in [5, 5.41) is 5.72. The SMILES string of the molecule is Nc1cc(N)cc(-c2nc(-c3cscn3)no2)c1. The van der Waals surface area contributed by atoms with Gasteiger partial charge in [0.05, 0.1) is 5.51 Å². The van der Waals surface area contributed by atoms with Gasteiger partial charge in [-0.2, -0.15) is 4.98 Å². The molecule has 2 aromatic heterocycles. The van der Waals surface area contributed by atoms with Gasteiger partial charge in [0.15, 0.2) is 0 Å². The lowest BCUT2D eigenvalue weighted by molar-refractivity contribution is 0.432. The van der Waals surface area contributed by atoms with Crippen molar-refractivity contribution in [1.82, 2.24) is 15.1 Å². The lowest BCUT2D eigenvalue weighted by atomic mass is 10.2. The molecule has 0 saturated carbocycles. The Balaban J connectivity index is 2.03. The van der Waals surface area contributed by atoms with E-state index in [2.05, 4.69) is 15.1 Å². The first-order valence-corrected chi connectivity index (χ1v) is 6.05. The van der Waals surface area contributed by atoms with Crippen molar-refractivity contribution in [3.05, 3.63) is 29.1 Å². The van der Waals surface area contributed by atoms with Gasteiger partial charge in [0.2, 0.25) is 5.82 Å². The number of nitrogen functional groups attached to an aromatic ring is 2. The lowest BCUT2D eigenvalue weighted by Crippen LogP contribution is -1.91. The minimum Gasteiger partial charge on any atom is -0.399 e. The van der Waals surface area contributed by atoms with Gasteiger partial charge in [0.1, 0.15) is 5.69 Å². The van der Waals surface area contributed by atoms with Crippen molar-refractivity contribution in [3.63, 3.8) is 0 Å². The van der Waals surface area contributed by atoms with Crippen LogP contribution in [0.15, 0.2) is 33.6 Å². The lowest BCUT2D eigenvalue weighted by Gasteiger charge is -1.99. The summed E-state index contributed by atoms with van der Waals surface area (Å²) in [7, 11) is 0. The number of hydrogen-bond acceptors (Lipinski definition) is 7. The van der Waals surface area contributed by atoms with E-state index >= 15 is 0 Å². The van der Waals surface area contributed by atoms with E-state index in [1.165, 1.54) is 11.3 Å². The molecule has 18 heavy (non-hydrogen) atoms. The van der Waals surface area contributed by atoms with Crippen LogP contribution in [0.2, 0.25) is 0 Å². The van der Waals surface area contributed by atoms with Crippen molar-refractivity contribution < 1.29 is 4.52 Å². The fourth-order valence-electron chi connectivity index (χ4n) is 1.57. The first kappa shape index (κ1) is 10.7. The second-order valence-electron chi connectivity index (χ2n) is 3.69. The Hall–Kier alpha value is -2.41. The predicted molar refractivity (Wildman–Crippen MR) is 69.7 cm³/mol. The van der Waals surface area contributed by atoms with Crippen LogP contribution in [0.4, 0.5) is 11.4 Å². The Morgan fingerprint density at radius 3 is 2.56 bits per heavy atom. The van der Waals surface area contributed by atoms with Gasteiger partial charge in [-0.05, 0) is 18.2 Å². The molecule has 90 valence electrons. The second-order valence-corrected chi connectivity index (χ2v) is 4.40. The summed E-state index contributed by atoms with van der Waals surface area (Å²) in [4.78, 5) is 8.37. The summed E-state index contributed by atoms with van der Waals surface area (Å²) in [5.41, 5.74) is 15.6. The molecule has 0 amide bonds. The first-order valence-electron chi connectivity index (χ1n) is 5.11. The molecule has 0 atom stereocenters. The number of anilines is 2. The van der Waals surface area contributed by atoms with Gasteiger partial charge in [-0.3, -0.25) is 0 Å². The number of nitrogens with two attached hydrogens (primary N) is 2. The zero-order valence-corrected chi connectivity index (χ0v) is 10.0. The smallest absolute Gasteiger partial charge is 0.258 e. The maximum absolute atomic E-state index is 5.72. The van der Waals surface area contributed by atoms with Crippen LogP contribution < -0.4 is 11.5 Å². The van der Waals surface area contributed by atoms with Gasteiger partial charge in [-0.25, -0.2) is 4.98 Å². The maximum atomic E-state index is 5.72. The number of rotatable bonds is 2. The highest BCUT2D eigenvalue weighted by Gasteiger charge is 2.12. The van der Waals surface area contributed by atoms with Crippen LogP contribution in [0, 0.1) is 0 Å². The molecule has 7 heteroatoms. The monoisotopic (exact) mass is 259 g/mol. The highest BCUT2D eigenvalue weighted by atomic mass is 32.1. The summed E-state index contributed by atoms with van der Waals surface area (Å²) in [5.74, 6) is 0.823. The molecule has 0 unspecified atom stereocenters. The van der Waals surface area contributed by atoms with Gasteiger partial charge < -0.3 is 16.0 Å². The zero-order chi connectivity index (χ0) is 12.5. The molecular weight excluding hydrogens is 250 g/mol. The molecule has 6 nitrogen and oxygen atoms in total. The van der Waals surface area contributed by atoms with Gasteiger partial charge in [-0.1, -0.05) is 5.16 Å². The van der Waals surface area contributed by atoms with Crippen molar-refractivity contribution >= 4 is 22.7 Å². The minimum atomic E-state index is 0.372. The Morgan fingerprint density at radius 2 is 1.89 bits per heavy atom. The molecule has 2 heterocycles. The van der Waals surface area contributed by atoms with Crippen LogP contribution in [0.3, 0.4) is 0 Å². The Morgan fingerprint density at radius 1 is 1.11 bits per heavy atom. The largest absolute Gasteiger partial charge is 0.399 e. The van der Waals surface area contributed by atoms with E-state index in [0.29, 0.717) is 34.3 Å². The minimum absolute atomic E-state index is 0.372. The van der Waals surface area contributed by atoms with E-state index in [1.54, 1.807) is 23.7 Å². The number of nitrogens with zero attached hydrogens (tertiary/aromatic N) is 3. The van der Waals surface area contributed by atoms with E-state index < -0.39 is 0 Å². The molecule has 4 N–H and O–H groups in total. The van der Waals surface area contributed by atoms with E-state index in [1.807, 2.05) is 5.38 Å². The van der Waals surface area contributed by atoms with Gasteiger partial charge >= 0.3 is 0 Å². The molecule has 3 aromatic rings. The summed E-state index contributed by atoms with van der Waals surface area (Å²) in [6.07, 6.45) is 0. The van der Waals surface area contributed by atoms with Crippen LogP contribution in [-0.4, -0.2) is 15.1 Å². The topological polar surface area (TPSA) is 104 Å². The zero-order valence-electron chi connectivity index (χ0n) is 9.20. The van der Waals surface area contributed by atoms with Crippen molar-refractivity contribution in [2.75, 3.05) is 11.5 Å². The molecule has 0 aliphatic rings. The summed E-state index contributed by atoms with van der Waals surface area (Å²) in [6.45, 7) is 0. The Bertz CT molecular complexity index is 656. The molecular formula is C11H9N5OS.